The number of hydrogen-bond acceptors (Lipinski definition) is 3. The number of nitrogens with two attached hydrogens (primary N) is 1. The molecule has 17 heavy (non-hydrogen) atoms. The summed E-state index contributed by atoms with van der Waals surface area (Å²) >= 11 is 3.42. The van der Waals surface area contributed by atoms with E-state index in [4.69, 9.17) is 10.8 Å². The van der Waals surface area contributed by atoms with Crippen molar-refractivity contribution in [1.29, 1.82) is 0 Å². The fraction of sp³-hybridized carbons (Fsp3) is 0.417. The van der Waals surface area contributed by atoms with Crippen molar-refractivity contribution in [1.82, 2.24) is 4.90 Å². The zero-order chi connectivity index (χ0) is 12.5. The van der Waals surface area contributed by atoms with Gasteiger partial charge in [0.15, 0.2) is 0 Å². The Kier molecular flexibility index (Phi) is 3.51. The number of halogens is 1. The number of carboxylic acid groups (broad SMARTS) is 1. The number of hydrogen-bond donors (Lipinski definition) is 2. The van der Waals surface area contributed by atoms with Gasteiger partial charge >= 0.3 is 5.97 Å². The van der Waals surface area contributed by atoms with Crippen molar-refractivity contribution < 1.29 is 9.90 Å². The molecule has 0 amide bonds. The molecule has 1 aliphatic heterocycles. The molecule has 1 aliphatic rings. The minimum absolute atomic E-state index is 0.412. The molecule has 1 aromatic carbocycles. The number of benzene rings is 1. The van der Waals surface area contributed by atoms with Gasteiger partial charge in [-0.15, -0.1) is 0 Å². The van der Waals surface area contributed by atoms with Gasteiger partial charge in [-0.1, -0.05) is 28.1 Å². The summed E-state index contributed by atoms with van der Waals surface area (Å²) in [6.45, 7) is 1.88. The van der Waals surface area contributed by atoms with Gasteiger partial charge in [0.1, 0.15) is 5.54 Å². The Hall–Kier alpha value is -0.910. The molecule has 3 N–H and O–H groups in total. The molecular formula is C12H15BrN2O2. The molecule has 0 bridgehead atoms. The second kappa shape index (κ2) is 4.76. The van der Waals surface area contributed by atoms with E-state index in [1.165, 1.54) is 0 Å². The molecule has 0 radical (unpaired) electrons. The zero-order valence-corrected chi connectivity index (χ0v) is 11.0. The molecule has 4 nitrogen and oxygen atoms in total. The maximum Gasteiger partial charge on any atom is 0.325 e. The Labute approximate surface area is 109 Å². The average molecular weight is 299 g/mol. The van der Waals surface area contributed by atoms with Crippen LogP contribution in [0.15, 0.2) is 28.7 Å². The molecule has 1 aromatic rings. The molecule has 92 valence electrons. The quantitative estimate of drug-likeness (QED) is 0.886. The van der Waals surface area contributed by atoms with Gasteiger partial charge in [0, 0.05) is 24.1 Å². The van der Waals surface area contributed by atoms with E-state index in [-0.39, 0.29) is 0 Å². The fourth-order valence-electron chi connectivity index (χ4n) is 2.12. The summed E-state index contributed by atoms with van der Waals surface area (Å²) in [5.41, 5.74) is 5.91. The van der Waals surface area contributed by atoms with Crippen LogP contribution in [0.1, 0.15) is 12.0 Å². The maximum atomic E-state index is 11.0. The molecule has 1 heterocycles. The lowest BCUT2D eigenvalue weighted by Crippen LogP contribution is -2.50. The Bertz CT molecular complexity index is 438. The molecule has 1 atom stereocenters. The number of aliphatic carboxylic acids is 1. The van der Waals surface area contributed by atoms with Gasteiger partial charge in [0.25, 0.3) is 0 Å². The van der Waals surface area contributed by atoms with Crippen LogP contribution >= 0.6 is 15.9 Å². The molecular weight excluding hydrogens is 284 g/mol. The minimum Gasteiger partial charge on any atom is -0.480 e. The van der Waals surface area contributed by atoms with Crippen LogP contribution in [0.2, 0.25) is 0 Å². The summed E-state index contributed by atoms with van der Waals surface area (Å²) in [6, 6.07) is 8.01. The number of carbonyl (C=O) groups is 1. The van der Waals surface area contributed by atoms with Crippen LogP contribution in [-0.2, 0) is 11.3 Å². The highest BCUT2D eigenvalue weighted by Crippen LogP contribution is 2.22. The van der Waals surface area contributed by atoms with Crippen LogP contribution < -0.4 is 5.73 Å². The average Bonchev–Trinajstić information content (AvgIpc) is 2.61. The molecule has 1 unspecified atom stereocenters. The van der Waals surface area contributed by atoms with Crippen LogP contribution in [0.4, 0.5) is 0 Å². The van der Waals surface area contributed by atoms with E-state index < -0.39 is 11.5 Å². The van der Waals surface area contributed by atoms with Gasteiger partial charge < -0.3 is 10.8 Å². The monoisotopic (exact) mass is 298 g/mol. The summed E-state index contributed by atoms with van der Waals surface area (Å²) in [5.74, 6) is -0.908. The fourth-order valence-corrected chi connectivity index (χ4v) is 2.56. The van der Waals surface area contributed by atoms with Crippen LogP contribution in [0.3, 0.4) is 0 Å². The second-order valence-electron chi connectivity index (χ2n) is 4.55. The maximum absolute atomic E-state index is 11.0. The Morgan fingerprint density at radius 2 is 2.35 bits per heavy atom. The van der Waals surface area contributed by atoms with Crippen molar-refractivity contribution in [3.05, 3.63) is 34.3 Å². The van der Waals surface area contributed by atoms with Crippen LogP contribution in [0.5, 0.6) is 0 Å². The van der Waals surface area contributed by atoms with Crippen molar-refractivity contribution >= 4 is 21.9 Å². The zero-order valence-electron chi connectivity index (χ0n) is 9.40. The molecule has 2 rings (SSSR count). The highest BCUT2D eigenvalue weighted by Gasteiger charge is 2.40. The van der Waals surface area contributed by atoms with Gasteiger partial charge in [-0.2, -0.15) is 0 Å². The van der Waals surface area contributed by atoms with E-state index in [2.05, 4.69) is 20.8 Å². The first-order valence-electron chi connectivity index (χ1n) is 5.49. The third-order valence-electron chi connectivity index (χ3n) is 3.10. The predicted molar refractivity (Wildman–Crippen MR) is 68.6 cm³/mol. The van der Waals surface area contributed by atoms with Crippen LogP contribution in [0.25, 0.3) is 0 Å². The van der Waals surface area contributed by atoms with Crippen LogP contribution in [-0.4, -0.2) is 34.6 Å². The third kappa shape index (κ3) is 2.86. The van der Waals surface area contributed by atoms with Crippen molar-refractivity contribution in [2.45, 2.75) is 18.5 Å². The van der Waals surface area contributed by atoms with E-state index in [9.17, 15) is 4.79 Å². The van der Waals surface area contributed by atoms with E-state index in [0.29, 0.717) is 13.0 Å². The number of nitrogens with zero attached hydrogens (tertiary/aromatic N) is 1. The number of likely N-dealkylation sites (tertiary alicyclic amines) is 1. The lowest BCUT2D eigenvalue weighted by molar-refractivity contribution is -0.142. The van der Waals surface area contributed by atoms with E-state index in [1.54, 1.807) is 0 Å². The molecule has 0 aromatic heterocycles. The van der Waals surface area contributed by atoms with Crippen molar-refractivity contribution in [2.24, 2.45) is 5.73 Å². The molecule has 0 saturated carbocycles. The normalized spacial score (nSPS) is 25.1. The lowest BCUT2D eigenvalue weighted by atomic mass is 10.0. The van der Waals surface area contributed by atoms with E-state index in [1.807, 2.05) is 24.3 Å². The summed E-state index contributed by atoms with van der Waals surface area (Å²) in [5, 5.41) is 9.04. The Morgan fingerprint density at radius 1 is 1.59 bits per heavy atom. The smallest absolute Gasteiger partial charge is 0.325 e. The highest BCUT2D eigenvalue weighted by molar-refractivity contribution is 9.10. The molecule has 5 heteroatoms. The first kappa shape index (κ1) is 12.5. The first-order chi connectivity index (χ1) is 7.99. The van der Waals surface area contributed by atoms with Gasteiger partial charge in [0.05, 0.1) is 0 Å². The van der Waals surface area contributed by atoms with Gasteiger partial charge in [-0.3, -0.25) is 9.69 Å². The molecule has 1 fully saturated rings. The summed E-state index contributed by atoms with van der Waals surface area (Å²) in [7, 11) is 0. The lowest BCUT2D eigenvalue weighted by Gasteiger charge is -2.20. The topological polar surface area (TPSA) is 66.6 Å². The summed E-state index contributed by atoms with van der Waals surface area (Å²) in [4.78, 5) is 13.1. The van der Waals surface area contributed by atoms with Crippen LogP contribution in [0, 0.1) is 0 Å². The number of rotatable bonds is 3. The predicted octanol–water partition coefficient (Wildman–Crippen LogP) is 1.44. The summed E-state index contributed by atoms with van der Waals surface area (Å²) < 4.78 is 1.03. The first-order valence-corrected chi connectivity index (χ1v) is 6.28. The SMILES string of the molecule is NC1(C(=O)O)CCN(Cc2cccc(Br)c2)C1. The van der Waals surface area contributed by atoms with Gasteiger partial charge in [-0.05, 0) is 24.1 Å². The van der Waals surface area contributed by atoms with Gasteiger partial charge in [-0.25, -0.2) is 0 Å². The number of carboxylic acids is 1. The van der Waals surface area contributed by atoms with Gasteiger partial charge in [0.2, 0.25) is 0 Å². The summed E-state index contributed by atoms with van der Waals surface area (Å²) in [6.07, 6.45) is 0.510. The van der Waals surface area contributed by atoms with E-state index >= 15 is 0 Å². The van der Waals surface area contributed by atoms with Crippen molar-refractivity contribution in [3.63, 3.8) is 0 Å². The van der Waals surface area contributed by atoms with E-state index in [0.717, 1.165) is 23.1 Å². The van der Waals surface area contributed by atoms with Crippen molar-refractivity contribution in [2.75, 3.05) is 13.1 Å². The third-order valence-corrected chi connectivity index (χ3v) is 3.59. The molecule has 0 spiro atoms. The largest absolute Gasteiger partial charge is 0.480 e. The van der Waals surface area contributed by atoms with Crippen molar-refractivity contribution in [3.8, 4) is 0 Å². The molecule has 0 aliphatic carbocycles. The second-order valence-corrected chi connectivity index (χ2v) is 5.47. The Balaban J connectivity index is 2.01. The Morgan fingerprint density at radius 3 is 2.94 bits per heavy atom. The highest BCUT2D eigenvalue weighted by atomic mass is 79.9. The molecule has 1 saturated heterocycles. The standard InChI is InChI=1S/C12H15BrN2O2/c13-10-3-1-2-9(6-10)7-15-5-4-12(14,8-15)11(16)17/h1-3,6H,4-5,7-8,14H2,(H,16,17). The minimum atomic E-state index is -1.08.